The lowest BCUT2D eigenvalue weighted by molar-refractivity contribution is -0.608. The van der Waals surface area contributed by atoms with Crippen LogP contribution in [0.25, 0.3) is 0 Å². The van der Waals surface area contributed by atoms with Gasteiger partial charge in [0.25, 0.3) is 5.69 Å². The molecule has 1 aliphatic rings. The molecular weight excluding hydrogens is 280 g/mol. The number of hydrogen-bond acceptors (Lipinski definition) is 3. The molecular formula is C17H18N2O3. The van der Waals surface area contributed by atoms with Crippen molar-refractivity contribution in [1.29, 1.82) is 0 Å². The fourth-order valence-corrected chi connectivity index (χ4v) is 2.72. The van der Waals surface area contributed by atoms with Crippen molar-refractivity contribution in [2.45, 2.75) is 19.1 Å². The lowest BCUT2D eigenvalue weighted by Gasteiger charge is -2.36. The quantitative estimate of drug-likeness (QED) is 0.629. The Morgan fingerprint density at radius 1 is 1.18 bits per heavy atom. The number of carbonyl (C=O) groups is 1. The van der Waals surface area contributed by atoms with Crippen LogP contribution in [0.3, 0.4) is 0 Å². The van der Waals surface area contributed by atoms with E-state index in [-0.39, 0.29) is 23.8 Å². The van der Waals surface area contributed by atoms with Gasteiger partial charge in [-0.05, 0) is 18.6 Å². The van der Waals surface area contributed by atoms with E-state index in [4.69, 9.17) is 4.74 Å². The molecule has 0 N–H and O–H groups in total. The molecule has 2 heterocycles. The molecule has 5 nitrogen and oxygen atoms in total. The molecule has 0 saturated carbocycles. The Morgan fingerprint density at radius 2 is 1.91 bits per heavy atom. The number of carbonyl (C=O) groups excluding carboxylic acids is 1. The molecule has 1 aliphatic heterocycles. The number of amides is 1. The van der Waals surface area contributed by atoms with E-state index in [0.717, 1.165) is 5.56 Å². The maximum absolute atomic E-state index is 12.6. The lowest BCUT2D eigenvalue weighted by atomic mass is 10.1. The van der Waals surface area contributed by atoms with Gasteiger partial charge in [-0.25, -0.2) is 0 Å². The molecule has 22 heavy (non-hydrogen) atoms. The number of benzene rings is 1. The van der Waals surface area contributed by atoms with Gasteiger partial charge in [0.1, 0.15) is 6.10 Å². The van der Waals surface area contributed by atoms with E-state index >= 15 is 0 Å². The highest BCUT2D eigenvalue weighted by atomic mass is 16.5. The average molecular weight is 298 g/mol. The van der Waals surface area contributed by atoms with Crippen molar-refractivity contribution in [2.24, 2.45) is 0 Å². The Balaban J connectivity index is 1.82. The highest BCUT2D eigenvalue weighted by Gasteiger charge is 2.32. The number of ether oxygens (including phenoxy) is 1. The normalized spacial score (nSPS) is 21.6. The zero-order chi connectivity index (χ0) is 15.5. The van der Waals surface area contributed by atoms with Gasteiger partial charge in [-0.3, -0.25) is 4.79 Å². The Bertz CT molecular complexity index is 660. The van der Waals surface area contributed by atoms with E-state index in [1.165, 1.54) is 6.20 Å². The summed E-state index contributed by atoms with van der Waals surface area (Å²) in [6.45, 7) is 2.87. The Morgan fingerprint density at radius 3 is 2.64 bits per heavy atom. The molecule has 1 saturated heterocycles. The largest absolute Gasteiger partial charge is 0.618 e. The van der Waals surface area contributed by atoms with E-state index < -0.39 is 0 Å². The smallest absolute Gasteiger partial charge is 0.320 e. The van der Waals surface area contributed by atoms with E-state index in [9.17, 15) is 10.0 Å². The summed E-state index contributed by atoms with van der Waals surface area (Å²) >= 11 is 0. The van der Waals surface area contributed by atoms with Crippen molar-refractivity contribution < 1.29 is 14.3 Å². The minimum Gasteiger partial charge on any atom is -0.618 e. The van der Waals surface area contributed by atoms with E-state index in [0.29, 0.717) is 17.8 Å². The maximum Gasteiger partial charge on any atom is 0.320 e. The van der Waals surface area contributed by atoms with Crippen molar-refractivity contribution in [3.05, 3.63) is 71.2 Å². The standard InChI is InChI=1S/C17H18N2O3/c1-13-11-18(17(20)15-9-5-6-10-19(15)21)12-16(22-13)14-7-3-2-4-8-14/h2-10,13,16H,11-12H2,1H3/t13-,16-/m1/s1. The third-order valence-corrected chi connectivity index (χ3v) is 3.76. The SMILES string of the molecule is C[C@@H]1CN(C(=O)c2cccc[n+]2[O-])C[C@H](c2ccccc2)O1. The summed E-state index contributed by atoms with van der Waals surface area (Å²) in [4.78, 5) is 14.3. The molecule has 0 bridgehead atoms. The molecule has 114 valence electrons. The third-order valence-electron chi connectivity index (χ3n) is 3.76. The van der Waals surface area contributed by atoms with Gasteiger partial charge in [-0.2, -0.15) is 4.73 Å². The second-order valence-corrected chi connectivity index (χ2v) is 5.47. The molecule has 1 aromatic carbocycles. The molecule has 0 spiro atoms. The van der Waals surface area contributed by atoms with Gasteiger partial charge in [0.15, 0.2) is 6.20 Å². The van der Waals surface area contributed by atoms with Crippen LogP contribution in [0, 0.1) is 5.21 Å². The zero-order valence-electron chi connectivity index (χ0n) is 12.4. The van der Waals surface area contributed by atoms with Crippen LogP contribution < -0.4 is 4.73 Å². The first kappa shape index (κ1) is 14.5. The van der Waals surface area contributed by atoms with Crippen molar-refractivity contribution >= 4 is 5.91 Å². The predicted molar refractivity (Wildman–Crippen MR) is 81.0 cm³/mol. The van der Waals surface area contributed by atoms with E-state index in [1.807, 2.05) is 37.3 Å². The number of rotatable bonds is 2. The molecule has 0 radical (unpaired) electrons. The highest BCUT2D eigenvalue weighted by molar-refractivity contribution is 5.91. The molecule has 0 aliphatic carbocycles. The van der Waals surface area contributed by atoms with Gasteiger partial charge in [-0.1, -0.05) is 30.3 Å². The minimum absolute atomic E-state index is 0.0771. The van der Waals surface area contributed by atoms with Crippen LogP contribution in [0.2, 0.25) is 0 Å². The fourth-order valence-electron chi connectivity index (χ4n) is 2.72. The van der Waals surface area contributed by atoms with Crippen molar-refractivity contribution in [3.8, 4) is 0 Å². The van der Waals surface area contributed by atoms with Crippen LogP contribution >= 0.6 is 0 Å². The second-order valence-electron chi connectivity index (χ2n) is 5.47. The first-order valence-electron chi connectivity index (χ1n) is 7.33. The van der Waals surface area contributed by atoms with Crippen LogP contribution in [-0.2, 0) is 4.74 Å². The molecule has 5 heteroatoms. The van der Waals surface area contributed by atoms with E-state index in [1.54, 1.807) is 23.1 Å². The predicted octanol–water partition coefficient (Wildman–Crippen LogP) is 1.92. The summed E-state index contributed by atoms with van der Waals surface area (Å²) < 4.78 is 6.55. The summed E-state index contributed by atoms with van der Waals surface area (Å²) in [5, 5.41) is 11.8. The number of pyridine rings is 1. The Labute approximate surface area is 129 Å². The summed E-state index contributed by atoms with van der Waals surface area (Å²) in [5.74, 6) is -0.258. The molecule has 1 fully saturated rings. The first-order valence-corrected chi connectivity index (χ1v) is 7.33. The molecule has 2 atom stereocenters. The van der Waals surface area contributed by atoms with Crippen molar-refractivity contribution in [2.75, 3.05) is 13.1 Å². The second kappa shape index (κ2) is 6.15. The van der Waals surface area contributed by atoms with Gasteiger partial charge in [0.2, 0.25) is 0 Å². The average Bonchev–Trinajstić information content (AvgIpc) is 2.55. The first-order chi connectivity index (χ1) is 10.6. The van der Waals surface area contributed by atoms with Crippen LogP contribution in [0.1, 0.15) is 29.1 Å². The zero-order valence-corrected chi connectivity index (χ0v) is 12.4. The number of hydrogen-bond donors (Lipinski definition) is 0. The Hall–Kier alpha value is -2.40. The molecule has 1 aromatic heterocycles. The van der Waals surface area contributed by atoms with E-state index in [2.05, 4.69) is 0 Å². The number of nitrogens with zero attached hydrogens (tertiary/aromatic N) is 2. The van der Waals surface area contributed by atoms with Crippen LogP contribution in [0.5, 0.6) is 0 Å². The number of aromatic nitrogens is 1. The summed E-state index contributed by atoms with van der Waals surface area (Å²) in [5.41, 5.74) is 1.18. The van der Waals surface area contributed by atoms with Gasteiger partial charge in [0.05, 0.1) is 12.6 Å². The Kier molecular flexibility index (Phi) is 4.06. The van der Waals surface area contributed by atoms with Crippen molar-refractivity contribution in [1.82, 2.24) is 4.90 Å². The topological polar surface area (TPSA) is 56.5 Å². The maximum atomic E-state index is 12.6. The summed E-state index contributed by atoms with van der Waals surface area (Å²) in [6, 6.07) is 14.7. The lowest BCUT2D eigenvalue weighted by Crippen LogP contribution is -2.49. The van der Waals surface area contributed by atoms with Crippen molar-refractivity contribution in [3.63, 3.8) is 0 Å². The van der Waals surface area contributed by atoms with Crippen LogP contribution in [0.15, 0.2) is 54.7 Å². The third kappa shape index (κ3) is 2.94. The number of morpholine rings is 1. The van der Waals surface area contributed by atoms with Gasteiger partial charge in [-0.15, -0.1) is 0 Å². The van der Waals surface area contributed by atoms with Gasteiger partial charge < -0.3 is 14.8 Å². The fraction of sp³-hybridized carbons (Fsp3) is 0.294. The van der Waals surface area contributed by atoms with Gasteiger partial charge >= 0.3 is 5.91 Å². The van der Waals surface area contributed by atoms with Crippen LogP contribution in [-0.4, -0.2) is 30.0 Å². The monoisotopic (exact) mass is 298 g/mol. The highest BCUT2D eigenvalue weighted by Crippen LogP contribution is 2.25. The summed E-state index contributed by atoms with van der Waals surface area (Å²) in [7, 11) is 0. The summed E-state index contributed by atoms with van der Waals surface area (Å²) in [6.07, 6.45) is 1.09. The minimum atomic E-state index is -0.258. The van der Waals surface area contributed by atoms with Gasteiger partial charge in [0, 0.05) is 18.7 Å². The van der Waals surface area contributed by atoms with Crippen LogP contribution in [0.4, 0.5) is 0 Å². The molecule has 0 unspecified atom stereocenters. The molecule has 3 rings (SSSR count). The molecule has 2 aromatic rings. The molecule has 1 amide bonds.